The highest BCUT2D eigenvalue weighted by Crippen LogP contribution is 2.23. The van der Waals surface area contributed by atoms with E-state index in [2.05, 4.69) is 5.32 Å². The Morgan fingerprint density at radius 3 is 2.20 bits per heavy atom. The molecule has 1 amide bonds. The molecule has 0 fully saturated rings. The zero-order valence-corrected chi connectivity index (χ0v) is 15.4. The Kier molecular flexibility index (Phi) is 6.80. The van der Waals surface area contributed by atoms with Gasteiger partial charge in [-0.1, -0.05) is 12.1 Å². The summed E-state index contributed by atoms with van der Waals surface area (Å²) in [6, 6.07) is 5.98. The number of hydrogen-bond acceptors (Lipinski definition) is 6. The zero-order valence-electron chi connectivity index (χ0n) is 14.6. The molecule has 8 nitrogen and oxygen atoms in total. The molecule has 0 heterocycles. The number of carbonyl (C=O) groups excluding carboxylic acids is 1. The van der Waals surface area contributed by atoms with Crippen molar-refractivity contribution in [2.45, 2.75) is 38.7 Å². The van der Waals surface area contributed by atoms with Crippen molar-refractivity contribution in [1.82, 2.24) is 5.32 Å². The van der Waals surface area contributed by atoms with E-state index in [1.807, 2.05) is 0 Å². The largest absolute Gasteiger partial charge is 0.481 e. The quantitative estimate of drug-likeness (QED) is 0.703. The van der Waals surface area contributed by atoms with Gasteiger partial charge in [-0.05, 0) is 38.5 Å². The molecule has 0 aliphatic rings. The summed E-state index contributed by atoms with van der Waals surface area (Å²) in [5.41, 5.74) is -0.0314. The molecular weight excluding hydrogens is 350 g/mol. The van der Waals surface area contributed by atoms with Crippen molar-refractivity contribution in [2.75, 3.05) is 12.8 Å². The number of carboxylic acids is 1. The fourth-order valence-corrected chi connectivity index (χ4v) is 2.47. The number of hydrogen-bond donors (Lipinski definition) is 2. The van der Waals surface area contributed by atoms with Gasteiger partial charge in [0.05, 0.1) is 12.7 Å². The molecule has 0 aromatic heterocycles. The lowest BCUT2D eigenvalue weighted by atomic mass is 9.95. The van der Waals surface area contributed by atoms with E-state index >= 15 is 0 Å². The number of carbonyl (C=O) groups is 2. The Labute approximate surface area is 147 Å². The maximum absolute atomic E-state index is 11.7. The highest BCUT2D eigenvalue weighted by molar-refractivity contribution is 7.86. The number of amides is 1. The van der Waals surface area contributed by atoms with Gasteiger partial charge in [-0.15, -0.1) is 0 Å². The predicted octanol–water partition coefficient (Wildman–Crippen LogP) is 2.11. The van der Waals surface area contributed by atoms with Gasteiger partial charge in [0, 0.05) is 12.5 Å². The Morgan fingerprint density at radius 1 is 1.20 bits per heavy atom. The summed E-state index contributed by atoms with van der Waals surface area (Å²) in [5.74, 6) is -1.40. The molecule has 1 rings (SSSR count). The molecule has 0 bridgehead atoms. The van der Waals surface area contributed by atoms with E-state index in [9.17, 15) is 18.0 Å². The number of benzene rings is 1. The Morgan fingerprint density at radius 2 is 1.76 bits per heavy atom. The molecule has 1 atom stereocenters. The van der Waals surface area contributed by atoms with E-state index < -0.39 is 33.7 Å². The second kappa shape index (κ2) is 8.19. The van der Waals surface area contributed by atoms with Crippen LogP contribution in [-0.2, 0) is 19.6 Å². The summed E-state index contributed by atoms with van der Waals surface area (Å²) in [6.45, 7) is 5.24. The van der Waals surface area contributed by atoms with Crippen molar-refractivity contribution >= 4 is 22.2 Å². The highest BCUT2D eigenvalue weighted by Gasteiger charge is 2.20. The summed E-state index contributed by atoms with van der Waals surface area (Å²) in [6.07, 6.45) is 0.0842. The third kappa shape index (κ3) is 8.94. The van der Waals surface area contributed by atoms with Crippen molar-refractivity contribution < 1.29 is 32.0 Å². The molecule has 0 aliphatic carbocycles. The number of carboxylic acid groups (broad SMARTS) is 1. The molecule has 2 N–H and O–H groups in total. The van der Waals surface area contributed by atoms with Crippen LogP contribution < -0.4 is 9.50 Å². The van der Waals surface area contributed by atoms with Crippen LogP contribution in [0, 0.1) is 0 Å². The second-order valence-electron chi connectivity index (χ2n) is 6.53. The Hall–Kier alpha value is -2.29. The number of rotatable bonds is 7. The van der Waals surface area contributed by atoms with Gasteiger partial charge in [0.15, 0.2) is 0 Å². The molecule has 0 radical (unpaired) electrons. The predicted molar refractivity (Wildman–Crippen MR) is 91.1 cm³/mol. The van der Waals surface area contributed by atoms with Crippen LogP contribution >= 0.6 is 0 Å². The lowest BCUT2D eigenvalue weighted by molar-refractivity contribution is -0.137. The van der Waals surface area contributed by atoms with Crippen LogP contribution in [0.5, 0.6) is 5.75 Å². The van der Waals surface area contributed by atoms with Gasteiger partial charge in [-0.25, -0.2) is 4.79 Å². The molecular formula is C16H23NO7S. The third-order valence-corrected chi connectivity index (χ3v) is 3.41. The number of nitrogens with one attached hydrogen (secondary N) is 1. The summed E-state index contributed by atoms with van der Waals surface area (Å²) < 4.78 is 32.0. The number of aliphatic carboxylic acids is 1. The number of ether oxygens (including phenoxy) is 1. The smallest absolute Gasteiger partial charge is 0.407 e. The van der Waals surface area contributed by atoms with E-state index in [0.717, 1.165) is 6.26 Å². The van der Waals surface area contributed by atoms with Crippen LogP contribution in [0.4, 0.5) is 4.79 Å². The first-order valence-electron chi connectivity index (χ1n) is 7.54. The van der Waals surface area contributed by atoms with Crippen molar-refractivity contribution in [3.63, 3.8) is 0 Å². The van der Waals surface area contributed by atoms with Gasteiger partial charge >= 0.3 is 22.2 Å². The van der Waals surface area contributed by atoms with Crippen molar-refractivity contribution in [2.24, 2.45) is 0 Å². The normalized spacial score (nSPS) is 13.0. The zero-order chi connectivity index (χ0) is 19.3. The fourth-order valence-electron chi connectivity index (χ4n) is 2.01. The average molecular weight is 373 g/mol. The monoisotopic (exact) mass is 373 g/mol. The molecule has 140 valence electrons. The van der Waals surface area contributed by atoms with Crippen LogP contribution in [-0.4, -0.2) is 44.0 Å². The summed E-state index contributed by atoms with van der Waals surface area (Å²) in [5, 5.41) is 11.6. The van der Waals surface area contributed by atoms with E-state index in [1.165, 1.54) is 12.1 Å². The lowest BCUT2D eigenvalue weighted by Crippen LogP contribution is -2.35. The standard InChI is InChI=1S/C16H23NO7S/c1-16(2,3)23-15(20)17-10-12(9-14(18)19)11-5-7-13(8-6-11)24-25(4,21)22/h5-8,12H,9-10H2,1-4H3,(H,17,20)(H,18,19). The molecule has 0 aliphatic heterocycles. The van der Waals surface area contributed by atoms with E-state index in [0.29, 0.717) is 5.56 Å². The molecule has 1 aromatic rings. The van der Waals surface area contributed by atoms with Gasteiger partial charge in [0.1, 0.15) is 11.4 Å². The molecule has 0 saturated heterocycles. The van der Waals surface area contributed by atoms with Crippen molar-refractivity contribution in [3.8, 4) is 5.75 Å². The third-order valence-electron chi connectivity index (χ3n) is 2.91. The summed E-state index contributed by atoms with van der Waals surface area (Å²) >= 11 is 0. The molecule has 0 spiro atoms. The van der Waals surface area contributed by atoms with Gasteiger partial charge < -0.3 is 19.3 Å². The SMILES string of the molecule is CC(C)(C)OC(=O)NCC(CC(=O)O)c1ccc(OS(C)(=O)=O)cc1. The van der Waals surface area contributed by atoms with Crippen LogP contribution in [0.25, 0.3) is 0 Å². The first-order chi connectivity index (χ1) is 11.4. The first kappa shape index (κ1) is 20.8. The number of alkyl carbamates (subject to hydrolysis) is 1. The van der Waals surface area contributed by atoms with Crippen LogP contribution in [0.2, 0.25) is 0 Å². The Bertz CT molecular complexity index is 705. The molecule has 9 heteroatoms. The van der Waals surface area contributed by atoms with Gasteiger partial charge in [0.25, 0.3) is 0 Å². The minimum Gasteiger partial charge on any atom is -0.481 e. The fraction of sp³-hybridized carbons (Fsp3) is 0.500. The molecule has 1 unspecified atom stereocenters. The van der Waals surface area contributed by atoms with Gasteiger partial charge in [-0.2, -0.15) is 8.42 Å². The molecule has 0 saturated carbocycles. The highest BCUT2D eigenvalue weighted by atomic mass is 32.2. The second-order valence-corrected chi connectivity index (χ2v) is 8.11. The van der Waals surface area contributed by atoms with Gasteiger partial charge in [0.2, 0.25) is 0 Å². The van der Waals surface area contributed by atoms with E-state index in [1.54, 1.807) is 32.9 Å². The van der Waals surface area contributed by atoms with Crippen LogP contribution in [0.15, 0.2) is 24.3 Å². The van der Waals surface area contributed by atoms with Crippen molar-refractivity contribution in [1.29, 1.82) is 0 Å². The summed E-state index contributed by atoms with van der Waals surface area (Å²) in [4.78, 5) is 22.8. The maximum Gasteiger partial charge on any atom is 0.407 e. The minimum atomic E-state index is -3.64. The van der Waals surface area contributed by atoms with E-state index in [-0.39, 0.29) is 18.7 Å². The first-order valence-corrected chi connectivity index (χ1v) is 9.35. The topological polar surface area (TPSA) is 119 Å². The Balaban J connectivity index is 2.81. The molecule has 1 aromatic carbocycles. The van der Waals surface area contributed by atoms with Gasteiger partial charge in [-0.3, -0.25) is 4.79 Å². The van der Waals surface area contributed by atoms with Crippen molar-refractivity contribution in [3.05, 3.63) is 29.8 Å². The molecule has 25 heavy (non-hydrogen) atoms. The van der Waals surface area contributed by atoms with Crippen LogP contribution in [0.3, 0.4) is 0 Å². The van der Waals surface area contributed by atoms with E-state index in [4.69, 9.17) is 14.0 Å². The lowest BCUT2D eigenvalue weighted by Gasteiger charge is -2.21. The summed E-state index contributed by atoms with van der Waals surface area (Å²) in [7, 11) is -3.64. The maximum atomic E-state index is 11.7. The minimum absolute atomic E-state index is 0.0630. The van der Waals surface area contributed by atoms with Crippen LogP contribution in [0.1, 0.15) is 38.7 Å². The average Bonchev–Trinajstić information content (AvgIpc) is 2.40.